The van der Waals surface area contributed by atoms with Gasteiger partial charge in [0.05, 0.1) is 18.2 Å². The van der Waals surface area contributed by atoms with Gasteiger partial charge in [-0.1, -0.05) is 70.2 Å². The Balaban J connectivity index is 1.47. The minimum Gasteiger partial charge on any atom is -0.338 e. The topological polar surface area (TPSA) is 73.0 Å². The van der Waals surface area contributed by atoms with Crippen LogP contribution < -0.4 is 10.2 Å². The van der Waals surface area contributed by atoms with Gasteiger partial charge in [-0.25, -0.2) is 4.79 Å². The summed E-state index contributed by atoms with van der Waals surface area (Å²) >= 11 is 1.35. The van der Waals surface area contributed by atoms with Crippen LogP contribution in [0.15, 0.2) is 53.9 Å². The molecule has 8 heteroatoms. The van der Waals surface area contributed by atoms with Crippen molar-refractivity contribution in [2.24, 2.45) is 17.8 Å². The van der Waals surface area contributed by atoms with Gasteiger partial charge in [0, 0.05) is 19.6 Å². The number of nitrogens with zero attached hydrogens (tertiary/aromatic N) is 3. The molecule has 1 aromatic heterocycles. The smallest absolute Gasteiger partial charge is 0.323 e. The third-order valence-electron chi connectivity index (χ3n) is 7.74. The first kappa shape index (κ1) is 27.2. The van der Waals surface area contributed by atoms with Crippen molar-refractivity contribution >= 4 is 45.6 Å². The number of carbonyl (C=O) groups excluding carboxylic acids is 3. The predicted octanol–water partition coefficient (Wildman–Crippen LogP) is 5.95. The highest BCUT2D eigenvalue weighted by Crippen LogP contribution is 2.38. The SMILES string of the molecule is CC(C)CCN1CC2N(C[C@@H](CC(C)C)C1=O)C(=O)c1sccc1N2C(=O)NCc1cccc2ccccc12. The van der Waals surface area contributed by atoms with Gasteiger partial charge in [0.25, 0.3) is 5.91 Å². The van der Waals surface area contributed by atoms with Gasteiger partial charge in [0.2, 0.25) is 5.91 Å². The van der Waals surface area contributed by atoms with Gasteiger partial charge in [-0.2, -0.15) is 0 Å². The van der Waals surface area contributed by atoms with Gasteiger partial charge in [-0.05, 0) is 52.5 Å². The number of anilines is 1. The lowest BCUT2D eigenvalue weighted by Crippen LogP contribution is -2.61. The van der Waals surface area contributed by atoms with Crippen molar-refractivity contribution < 1.29 is 14.4 Å². The van der Waals surface area contributed by atoms with Crippen molar-refractivity contribution in [3.05, 3.63) is 64.4 Å². The molecule has 5 rings (SSSR count). The number of amides is 4. The van der Waals surface area contributed by atoms with Crippen molar-refractivity contribution in [2.45, 2.75) is 53.2 Å². The minimum atomic E-state index is -0.555. The number of thiophene rings is 1. The quantitative estimate of drug-likeness (QED) is 0.398. The molecule has 206 valence electrons. The van der Waals surface area contributed by atoms with Crippen LogP contribution in [-0.4, -0.2) is 53.4 Å². The predicted molar refractivity (Wildman–Crippen MR) is 157 cm³/mol. The van der Waals surface area contributed by atoms with E-state index in [-0.39, 0.29) is 23.8 Å². The van der Waals surface area contributed by atoms with E-state index in [1.54, 1.807) is 9.80 Å². The molecule has 0 aliphatic carbocycles. The number of nitrogens with one attached hydrogen (secondary N) is 1. The average molecular weight is 547 g/mol. The largest absolute Gasteiger partial charge is 0.338 e. The first-order valence-corrected chi connectivity index (χ1v) is 14.8. The number of benzene rings is 2. The summed E-state index contributed by atoms with van der Waals surface area (Å²) in [6.07, 6.45) is 1.02. The van der Waals surface area contributed by atoms with E-state index in [9.17, 15) is 14.4 Å². The summed E-state index contributed by atoms with van der Waals surface area (Å²) in [6, 6.07) is 15.8. The summed E-state index contributed by atoms with van der Waals surface area (Å²) < 4.78 is 0. The Morgan fingerprint density at radius 3 is 2.54 bits per heavy atom. The van der Waals surface area contributed by atoms with Crippen LogP contribution in [0.5, 0.6) is 0 Å². The van der Waals surface area contributed by atoms with Gasteiger partial charge in [0.1, 0.15) is 11.0 Å². The van der Waals surface area contributed by atoms with Crippen molar-refractivity contribution in [3.8, 4) is 0 Å². The molecular formula is C31H38N4O3S. The fourth-order valence-electron chi connectivity index (χ4n) is 5.77. The maximum Gasteiger partial charge on any atom is 0.323 e. The van der Waals surface area contributed by atoms with Crippen LogP contribution in [0.3, 0.4) is 0 Å². The third kappa shape index (κ3) is 5.53. The Morgan fingerprint density at radius 1 is 1.00 bits per heavy atom. The Labute approximate surface area is 234 Å². The average Bonchev–Trinajstić information content (AvgIpc) is 3.35. The van der Waals surface area contributed by atoms with E-state index >= 15 is 0 Å². The monoisotopic (exact) mass is 546 g/mol. The van der Waals surface area contributed by atoms with E-state index in [2.05, 4.69) is 51.2 Å². The summed E-state index contributed by atoms with van der Waals surface area (Å²) in [5.41, 5.74) is 1.66. The number of rotatable bonds is 7. The zero-order chi connectivity index (χ0) is 27.7. The fraction of sp³-hybridized carbons (Fsp3) is 0.452. The molecular weight excluding hydrogens is 508 g/mol. The lowest BCUT2D eigenvalue weighted by molar-refractivity contribution is -0.135. The summed E-state index contributed by atoms with van der Waals surface area (Å²) in [5.74, 6) is 0.478. The molecule has 2 aromatic carbocycles. The molecule has 0 radical (unpaired) electrons. The van der Waals surface area contributed by atoms with E-state index in [1.165, 1.54) is 11.3 Å². The summed E-state index contributed by atoms with van der Waals surface area (Å²) in [6.45, 7) is 10.1. The molecule has 2 aliphatic heterocycles. The molecule has 7 nitrogen and oxygen atoms in total. The third-order valence-corrected chi connectivity index (χ3v) is 8.63. The second-order valence-electron chi connectivity index (χ2n) is 11.5. The van der Waals surface area contributed by atoms with Crippen LogP contribution in [0, 0.1) is 17.8 Å². The normalized spacial score (nSPS) is 19.5. The van der Waals surface area contributed by atoms with Gasteiger partial charge < -0.3 is 15.1 Å². The molecule has 0 bridgehead atoms. The number of fused-ring (bicyclic) bond motifs is 3. The molecule has 0 saturated carbocycles. The van der Waals surface area contributed by atoms with Gasteiger partial charge >= 0.3 is 6.03 Å². The number of hydrogen-bond acceptors (Lipinski definition) is 4. The lowest BCUT2D eigenvalue weighted by Gasteiger charge is -2.43. The van der Waals surface area contributed by atoms with Crippen LogP contribution in [0.25, 0.3) is 10.8 Å². The number of hydrogen-bond donors (Lipinski definition) is 1. The lowest BCUT2D eigenvalue weighted by atomic mass is 9.95. The first-order valence-electron chi connectivity index (χ1n) is 14.0. The summed E-state index contributed by atoms with van der Waals surface area (Å²) in [4.78, 5) is 47.3. The van der Waals surface area contributed by atoms with Crippen LogP contribution >= 0.6 is 11.3 Å². The Morgan fingerprint density at radius 2 is 1.77 bits per heavy atom. The van der Waals surface area contributed by atoms with Crippen LogP contribution in [0.2, 0.25) is 0 Å². The molecule has 0 spiro atoms. The second-order valence-corrected chi connectivity index (χ2v) is 12.4. The standard InChI is InChI=1S/C31H38N4O3S/c1-20(2)12-14-33-19-27-34(18-24(29(33)36)16-21(3)4)30(37)28-26(13-15-39-28)35(27)31(38)32-17-23-10-7-9-22-8-5-6-11-25(22)23/h5-11,13,15,20-21,24,27H,12,14,16-19H2,1-4H3,(H,32,38)/t24-,27?/m1/s1. The highest BCUT2D eigenvalue weighted by Gasteiger charge is 2.47. The van der Waals surface area contributed by atoms with Gasteiger partial charge in [-0.15, -0.1) is 11.3 Å². The van der Waals surface area contributed by atoms with Crippen molar-refractivity contribution in [2.75, 3.05) is 24.5 Å². The van der Waals surface area contributed by atoms with E-state index in [4.69, 9.17) is 0 Å². The van der Waals surface area contributed by atoms with Crippen molar-refractivity contribution in [1.29, 1.82) is 0 Å². The van der Waals surface area contributed by atoms with Crippen LogP contribution in [-0.2, 0) is 11.3 Å². The van der Waals surface area contributed by atoms with E-state index in [0.717, 1.165) is 22.8 Å². The Kier molecular flexibility index (Phi) is 7.93. The molecule has 3 heterocycles. The van der Waals surface area contributed by atoms with E-state index < -0.39 is 6.17 Å². The van der Waals surface area contributed by atoms with Crippen LogP contribution in [0.4, 0.5) is 10.5 Å². The van der Waals surface area contributed by atoms with E-state index in [0.29, 0.717) is 55.0 Å². The number of carbonyl (C=O) groups is 3. The molecule has 1 saturated heterocycles. The zero-order valence-electron chi connectivity index (χ0n) is 23.2. The molecule has 1 N–H and O–H groups in total. The highest BCUT2D eigenvalue weighted by atomic mass is 32.1. The maximum atomic E-state index is 13.9. The molecule has 39 heavy (non-hydrogen) atoms. The molecule has 1 unspecified atom stereocenters. The Hall–Kier alpha value is -3.39. The van der Waals surface area contributed by atoms with Crippen LogP contribution in [0.1, 0.15) is 55.8 Å². The first-order chi connectivity index (χ1) is 18.7. The molecule has 4 amide bonds. The van der Waals surface area contributed by atoms with Gasteiger partial charge in [-0.3, -0.25) is 14.5 Å². The van der Waals surface area contributed by atoms with E-state index in [1.807, 2.05) is 40.6 Å². The molecule has 3 aromatic rings. The van der Waals surface area contributed by atoms with Gasteiger partial charge in [0.15, 0.2) is 0 Å². The maximum absolute atomic E-state index is 13.9. The van der Waals surface area contributed by atoms with Crippen molar-refractivity contribution in [1.82, 2.24) is 15.1 Å². The highest BCUT2D eigenvalue weighted by molar-refractivity contribution is 7.12. The molecule has 2 aliphatic rings. The zero-order valence-corrected chi connectivity index (χ0v) is 24.0. The fourth-order valence-corrected chi connectivity index (χ4v) is 6.61. The van der Waals surface area contributed by atoms with Crippen molar-refractivity contribution in [3.63, 3.8) is 0 Å². The summed E-state index contributed by atoms with van der Waals surface area (Å²) in [7, 11) is 0. The number of urea groups is 1. The molecule has 1 fully saturated rings. The summed E-state index contributed by atoms with van der Waals surface area (Å²) in [5, 5.41) is 7.22. The Bertz CT molecular complexity index is 1360. The molecule has 2 atom stereocenters. The minimum absolute atomic E-state index is 0.0876. The second kappa shape index (κ2) is 11.4.